The number of ether oxygens (including phenoxy) is 1. The van der Waals surface area contributed by atoms with Crippen molar-refractivity contribution in [3.05, 3.63) is 56.8 Å². The van der Waals surface area contributed by atoms with Crippen molar-refractivity contribution in [2.45, 2.75) is 75.3 Å². The van der Waals surface area contributed by atoms with Gasteiger partial charge in [0.2, 0.25) is 5.96 Å². The summed E-state index contributed by atoms with van der Waals surface area (Å²) < 4.78 is 72.0. The quantitative estimate of drug-likeness (QED) is 0.0800. The SMILES string of the molecule is Cc1c(C)c(S(=O)(=O)NC(N)=NCCC[C@H](NC(=O)c2sccc2NS(=O)(=O)c2cccc3nsnc23)C(=O)O)c(C)c2c1OC(C)(C)C2. The lowest BCUT2D eigenvalue weighted by atomic mass is 9.94. The van der Waals surface area contributed by atoms with Crippen molar-refractivity contribution in [3.8, 4) is 5.75 Å². The van der Waals surface area contributed by atoms with E-state index in [-0.39, 0.29) is 51.2 Å². The molecule has 5 rings (SSSR count). The van der Waals surface area contributed by atoms with Crippen molar-refractivity contribution in [2.75, 3.05) is 11.3 Å². The molecular formula is C30H35N7O8S4. The number of amides is 1. The highest BCUT2D eigenvalue weighted by atomic mass is 32.2. The summed E-state index contributed by atoms with van der Waals surface area (Å²) in [4.78, 5) is 29.1. The molecule has 0 aliphatic carbocycles. The number of fused-ring (bicyclic) bond motifs is 2. The Bertz CT molecular complexity index is 2210. The zero-order chi connectivity index (χ0) is 35.9. The number of thiophene rings is 1. The van der Waals surface area contributed by atoms with Gasteiger partial charge in [-0.05, 0) is 87.7 Å². The van der Waals surface area contributed by atoms with Crippen LogP contribution in [0.15, 0.2) is 44.4 Å². The summed E-state index contributed by atoms with van der Waals surface area (Å²) in [7, 11) is -8.29. The van der Waals surface area contributed by atoms with Gasteiger partial charge in [-0.3, -0.25) is 14.5 Å². The van der Waals surface area contributed by atoms with Gasteiger partial charge in [-0.2, -0.15) is 8.75 Å². The number of aromatic nitrogens is 2. The van der Waals surface area contributed by atoms with E-state index in [4.69, 9.17) is 10.5 Å². The molecule has 49 heavy (non-hydrogen) atoms. The van der Waals surface area contributed by atoms with Crippen LogP contribution < -0.4 is 25.2 Å². The number of aliphatic carboxylic acids is 1. The lowest BCUT2D eigenvalue weighted by Crippen LogP contribution is -2.41. The van der Waals surface area contributed by atoms with Crippen LogP contribution in [0.1, 0.15) is 58.6 Å². The number of benzene rings is 2. The Morgan fingerprint density at radius 3 is 2.53 bits per heavy atom. The number of rotatable bonds is 12. The molecule has 3 heterocycles. The first-order chi connectivity index (χ1) is 22.9. The number of nitrogens with two attached hydrogens (primary N) is 1. The van der Waals surface area contributed by atoms with Crippen LogP contribution in [-0.2, 0) is 31.3 Å². The summed E-state index contributed by atoms with van der Waals surface area (Å²) in [6, 6.07) is 4.56. The second-order valence-corrected chi connectivity index (χ2v) is 16.8. The van der Waals surface area contributed by atoms with Crippen molar-refractivity contribution in [1.29, 1.82) is 0 Å². The smallest absolute Gasteiger partial charge is 0.326 e. The predicted molar refractivity (Wildman–Crippen MR) is 187 cm³/mol. The van der Waals surface area contributed by atoms with Crippen molar-refractivity contribution in [2.24, 2.45) is 10.7 Å². The normalized spacial score (nSPS) is 15.0. The van der Waals surface area contributed by atoms with Gasteiger partial charge >= 0.3 is 5.97 Å². The Labute approximate surface area is 291 Å². The number of aliphatic imine (C=N–C) groups is 1. The molecule has 1 aliphatic rings. The molecule has 0 bridgehead atoms. The van der Waals surface area contributed by atoms with E-state index in [1.807, 2.05) is 20.8 Å². The standard InChI is InChI=1S/C30H35N7O8S4/c1-15-16(2)26(17(3)18-14-30(4,5)45-24(15)18)49(43,44)37-29(31)32-12-7-9-21(28(39)40)33-27(38)25-20(11-13-46-25)36-48(41,42)22-10-6-8-19-23(22)35-47-34-19/h6,8,10-11,13,21,36H,7,9,12,14H2,1-5H3,(H,33,38)(H,39,40)(H3,31,32,37)/t21-/m0/s1. The Kier molecular flexibility index (Phi) is 9.93. The zero-order valence-corrected chi connectivity index (χ0v) is 30.4. The van der Waals surface area contributed by atoms with Gasteiger partial charge < -0.3 is 20.9 Å². The maximum absolute atomic E-state index is 13.4. The maximum Gasteiger partial charge on any atom is 0.326 e. The molecule has 0 spiro atoms. The minimum Gasteiger partial charge on any atom is -0.487 e. The van der Waals surface area contributed by atoms with E-state index in [0.29, 0.717) is 28.8 Å². The molecule has 1 atom stereocenters. The topological polar surface area (TPSA) is 232 Å². The zero-order valence-electron chi connectivity index (χ0n) is 27.1. The van der Waals surface area contributed by atoms with Crippen LogP contribution in [0.2, 0.25) is 0 Å². The van der Waals surface area contributed by atoms with Crippen LogP contribution in [0.4, 0.5) is 5.69 Å². The van der Waals surface area contributed by atoms with E-state index in [0.717, 1.165) is 34.2 Å². The third kappa shape index (κ3) is 7.48. The highest BCUT2D eigenvalue weighted by Gasteiger charge is 2.37. The van der Waals surface area contributed by atoms with E-state index >= 15 is 0 Å². The third-order valence-corrected chi connectivity index (χ3v) is 12.5. The van der Waals surface area contributed by atoms with Crippen LogP contribution in [-0.4, -0.2) is 66.7 Å². The molecule has 15 nitrogen and oxygen atoms in total. The number of nitrogens with one attached hydrogen (secondary N) is 3. The Morgan fingerprint density at radius 2 is 1.82 bits per heavy atom. The summed E-state index contributed by atoms with van der Waals surface area (Å²) >= 11 is 1.79. The summed E-state index contributed by atoms with van der Waals surface area (Å²) in [5.41, 5.74) is 8.68. The fourth-order valence-corrected chi connectivity index (χ4v) is 9.79. The number of carboxylic acids is 1. The van der Waals surface area contributed by atoms with E-state index < -0.39 is 43.6 Å². The van der Waals surface area contributed by atoms with Gasteiger partial charge in [0.15, 0.2) is 0 Å². The average Bonchev–Trinajstić information content (AvgIpc) is 3.75. The molecule has 6 N–H and O–H groups in total. The summed E-state index contributed by atoms with van der Waals surface area (Å²) in [5, 5.41) is 13.7. The minimum atomic E-state index is -4.17. The first-order valence-corrected chi connectivity index (χ1v) is 19.5. The molecule has 2 aromatic carbocycles. The average molecular weight is 750 g/mol. The van der Waals surface area contributed by atoms with Crippen LogP contribution >= 0.6 is 23.1 Å². The van der Waals surface area contributed by atoms with Gasteiger partial charge in [-0.15, -0.1) is 11.3 Å². The van der Waals surface area contributed by atoms with Crippen LogP contribution in [0, 0.1) is 20.8 Å². The summed E-state index contributed by atoms with van der Waals surface area (Å²) in [6.45, 7) is 9.07. The predicted octanol–water partition coefficient (Wildman–Crippen LogP) is 3.45. The minimum absolute atomic E-state index is 0.0308. The molecule has 4 aromatic rings. The summed E-state index contributed by atoms with van der Waals surface area (Å²) in [6.07, 6.45) is 0.597. The molecule has 0 saturated carbocycles. The highest BCUT2D eigenvalue weighted by Crippen LogP contribution is 2.43. The van der Waals surface area contributed by atoms with Gasteiger partial charge in [-0.1, -0.05) is 6.07 Å². The van der Waals surface area contributed by atoms with Gasteiger partial charge in [0, 0.05) is 18.5 Å². The maximum atomic E-state index is 13.4. The summed E-state index contributed by atoms with van der Waals surface area (Å²) in [5.74, 6) is -1.80. The number of hydrogen-bond donors (Lipinski definition) is 5. The number of anilines is 1. The number of hydrogen-bond acceptors (Lipinski definition) is 12. The third-order valence-electron chi connectivity index (χ3n) is 7.99. The highest BCUT2D eigenvalue weighted by molar-refractivity contribution is 7.93. The lowest BCUT2D eigenvalue weighted by Gasteiger charge is -2.19. The van der Waals surface area contributed by atoms with Crippen LogP contribution in [0.25, 0.3) is 11.0 Å². The molecule has 0 saturated heterocycles. The Morgan fingerprint density at radius 1 is 1.08 bits per heavy atom. The van der Waals surface area contributed by atoms with Crippen molar-refractivity contribution < 1.29 is 36.3 Å². The number of carbonyl (C=O) groups is 2. The largest absolute Gasteiger partial charge is 0.487 e. The number of nitrogens with zero attached hydrogens (tertiary/aromatic N) is 3. The number of carboxylic acid groups (broad SMARTS) is 1. The molecule has 1 aliphatic heterocycles. The fraction of sp³-hybridized carbons (Fsp3) is 0.367. The van der Waals surface area contributed by atoms with Crippen molar-refractivity contribution in [3.63, 3.8) is 0 Å². The molecule has 262 valence electrons. The van der Waals surface area contributed by atoms with Gasteiger partial charge in [-0.25, -0.2) is 26.4 Å². The van der Waals surface area contributed by atoms with Gasteiger partial charge in [0.25, 0.3) is 26.0 Å². The second kappa shape index (κ2) is 13.5. The molecule has 0 fully saturated rings. The van der Waals surface area contributed by atoms with E-state index in [9.17, 15) is 31.5 Å². The molecular weight excluding hydrogens is 715 g/mol. The Hall–Kier alpha value is -4.33. The molecule has 19 heteroatoms. The van der Waals surface area contributed by atoms with E-state index in [1.54, 1.807) is 19.9 Å². The van der Waals surface area contributed by atoms with E-state index in [1.165, 1.54) is 23.6 Å². The molecule has 2 aromatic heterocycles. The van der Waals surface area contributed by atoms with Crippen molar-refractivity contribution >= 4 is 77.7 Å². The molecule has 1 amide bonds. The fourth-order valence-electron chi connectivity index (χ4n) is 5.61. The number of sulfonamides is 2. The van der Waals surface area contributed by atoms with Crippen LogP contribution in [0.3, 0.4) is 0 Å². The first-order valence-electron chi connectivity index (χ1n) is 14.9. The van der Waals surface area contributed by atoms with E-state index in [2.05, 4.69) is 28.5 Å². The van der Waals surface area contributed by atoms with Gasteiger partial charge in [0.05, 0.1) is 22.3 Å². The molecule has 0 unspecified atom stereocenters. The van der Waals surface area contributed by atoms with Crippen LogP contribution in [0.5, 0.6) is 5.75 Å². The lowest BCUT2D eigenvalue weighted by molar-refractivity contribution is -0.139. The number of carbonyl (C=O) groups excluding carboxylic acids is 1. The van der Waals surface area contributed by atoms with Gasteiger partial charge in [0.1, 0.15) is 38.2 Å². The Balaban J connectivity index is 1.21. The monoisotopic (exact) mass is 749 g/mol. The molecule has 0 radical (unpaired) electrons. The van der Waals surface area contributed by atoms with Crippen molar-refractivity contribution in [1.82, 2.24) is 18.8 Å². The second-order valence-electron chi connectivity index (χ2n) is 12.1. The number of guanidine groups is 1. The first kappa shape index (κ1) is 36.0.